The molecule has 0 aromatic heterocycles. The molecule has 0 aliphatic heterocycles. The number of nitriles is 1. The van der Waals surface area contributed by atoms with E-state index in [1.807, 2.05) is 26.8 Å². The molecule has 1 aromatic rings. The van der Waals surface area contributed by atoms with Crippen LogP contribution >= 0.6 is 11.6 Å². The van der Waals surface area contributed by atoms with Gasteiger partial charge in [-0.1, -0.05) is 38.8 Å². The normalized spacial score (nSPS) is 19.0. The van der Waals surface area contributed by atoms with Crippen LogP contribution in [0.5, 0.6) is 0 Å². The van der Waals surface area contributed by atoms with Crippen molar-refractivity contribution in [2.24, 2.45) is 17.3 Å². The number of carboxylic acid groups (broad SMARTS) is 1. The number of nitrogens with one attached hydrogen (secondary N) is 1. The smallest absolute Gasteiger partial charge is 0.407 e. The summed E-state index contributed by atoms with van der Waals surface area (Å²) in [5, 5.41) is 33.2. The second kappa shape index (κ2) is 9.98. The third kappa shape index (κ3) is 6.77. The lowest BCUT2D eigenvalue weighted by atomic mass is 9.81. The highest BCUT2D eigenvalue weighted by Gasteiger charge is 2.28. The number of carbonyl (C=O) groups is 1. The average molecular weight is 437 g/mol. The van der Waals surface area contributed by atoms with Crippen LogP contribution in [0.2, 0.25) is 5.02 Å². The minimum absolute atomic E-state index is 0.0556. The SMILES string of the molecule is CC(C)(C)CN(CC1CCCC(CNc2cc(C#N)c(Cl)cc2[N+](=O)[O-])C1)C(=O)O. The van der Waals surface area contributed by atoms with Crippen molar-refractivity contribution in [1.29, 1.82) is 5.26 Å². The molecule has 0 spiro atoms. The number of benzene rings is 1. The Hall–Kier alpha value is -2.53. The fraction of sp³-hybridized carbons (Fsp3) is 0.619. The summed E-state index contributed by atoms with van der Waals surface area (Å²) in [4.78, 5) is 24.0. The van der Waals surface area contributed by atoms with Crippen LogP contribution in [0.4, 0.5) is 16.2 Å². The van der Waals surface area contributed by atoms with E-state index in [-0.39, 0.29) is 39.2 Å². The molecule has 8 nitrogen and oxygen atoms in total. The van der Waals surface area contributed by atoms with Gasteiger partial charge >= 0.3 is 6.09 Å². The van der Waals surface area contributed by atoms with Gasteiger partial charge in [-0.05, 0) is 42.6 Å². The third-order valence-electron chi connectivity index (χ3n) is 5.29. The van der Waals surface area contributed by atoms with Crippen molar-refractivity contribution >= 4 is 29.1 Å². The van der Waals surface area contributed by atoms with Crippen molar-refractivity contribution in [2.75, 3.05) is 25.0 Å². The fourth-order valence-electron chi connectivity index (χ4n) is 4.04. The van der Waals surface area contributed by atoms with Crippen LogP contribution in [0.1, 0.15) is 52.0 Å². The first-order chi connectivity index (χ1) is 14.0. The Morgan fingerprint density at radius 2 is 2.07 bits per heavy atom. The van der Waals surface area contributed by atoms with Gasteiger partial charge in [0.1, 0.15) is 11.8 Å². The second-order valence-electron chi connectivity index (χ2n) is 9.22. The minimum Gasteiger partial charge on any atom is -0.465 e. The van der Waals surface area contributed by atoms with E-state index in [1.165, 1.54) is 17.0 Å². The highest BCUT2D eigenvalue weighted by atomic mass is 35.5. The molecule has 2 unspecified atom stereocenters. The molecule has 1 aliphatic rings. The lowest BCUT2D eigenvalue weighted by molar-refractivity contribution is -0.383. The van der Waals surface area contributed by atoms with Crippen molar-refractivity contribution in [2.45, 2.75) is 46.5 Å². The summed E-state index contributed by atoms with van der Waals surface area (Å²) in [6.07, 6.45) is 2.90. The quantitative estimate of drug-likeness (QED) is 0.438. The van der Waals surface area contributed by atoms with Gasteiger partial charge in [-0.2, -0.15) is 5.26 Å². The Morgan fingerprint density at radius 1 is 1.40 bits per heavy atom. The molecular formula is C21H29ClN4O4. The van der Waals surface area contributed by atoms with Gasteiger partial charge < -0.3 is 15.3 Å². The van der Waals surface area contributed by atoms with Gasteiger partial charge in [0.15, 0.2) is 0 Å². The number of nitrogens with zero attached hydrogens (tertiary/aromatic N) is 3. The molecular weight excluding hydrogens is 408 g/mol. The molecule has 0 heterocycles. The maximum absolute atomic E-state index is 11.6. The first kappa shape index (κ1) is 23.7. The lowest BCUT2D eigenvalue weighted by Gasteiger charge is -2.35. The predicted octanol–water partition coefficient (Wildman–Crippen LogP) is 5.36. The summed E-state index contributed by atoms with van der Waals surface area (Å²) in [6, 6.07) is 4.55. The van der Waals surface area contributed by atoms with Gasteiger partial charge in [0, 0.05) is 25.7 Å². The first-order valence-corrected chi connectivity index (χ1v) is 10.5. The van der Waals surface area contributed by atoms with Gasteiger partial charge in [0.2, 0.25) is 0 Å². The number of halogens is 1. The van der Waals surface area contributed by atoms with E-state index in [2.05, 4.69) is 5.32 Å². The standard InChI is InChI=1S/C21H29ClN4O4/c1-21(2,3)13-25(20(27)28)12-15-6-4-5-14(7-15)11-24-18-8-16(10-23)17(22)9-19(18)26(29)30/h8-9,14-15,24H,4-7,11-13H2,1-3H3,(H,27,28). The highest BCUT2D eigenvalue weighted by Crippen LogP contribution is 2.34. The number of hydrogen-bond donors (Lipinski definition) is 2. The number of nitro groups is 1. The summed E-state index contributed by atoms with van der Waals surface area (Å²) < 4.78 is 0. The largest absolute Gasteiger partial charge is 0.465 e. The van der Waals surface area contributed by atoms with Gasteiger partial charge in [-0.3, -0.25) is 10.1 Å². The molecule has 1 fully saturated rings. The summed E-state index contributed by atoms with van der Waals surface area (Å²) in [7, 11) is 0. The van der Waals surface area contributed by atoms with E-state index < -0.39 is 11.0 Å². The molecule has 9 heteroatoms. The van der Waals surface area contributed by atoms with Crippen LogP contribution in [0, 0.1) is 38.7 Å². The summed E-state index contributed by atoms with van der Waals surface area (Å²) in [5.41, 5.74) is 0.196. The molecule has 0 radical (unpaired) electrons. The van der Waals surface area contributed by atoms with Crippen LogP contribution in [-0.4, -0.2) is 40.7 Å². The lowest BCUT2D eigenvalue weighted by Crippen LogP contribution is -2.41. The third-order valence-corrected chi connectivity index (χ3v) is 5.60. The summed E-state index contributed by atoms with van der Waals surface area (Å²) in [5.74, 6) is 0.536. The van der Waals surface area contributed by atoms with Gasteiger partial charge in [0.25, 0.3) is 5.69 Å². The number of nitro benzene ring substituents is 1. The first-order valence-electron chi connectivity index (χ1n) is 10.1. The molecule has 2 rings (SSSR count). The van der Waals surface area contributed by atoms with Crippen LogP contribution in [0.3, 0.4) is 0 Å². The number of rotatable bonds is 7. The Morgan fingerprint density at radius 3 is 2.63 bits per heavy atom. The highest BCUT2D eigenvalue weighted by molar-refractivity contribution is 6.32. The van der Waals surface area contributed by atoms with Crippen molar-refractivity contribution in [3.05, 3.63) is 32.8 Å². The average Bonchev–Trinajstić information content (AvgIpc) is 2.65. The molecule has 1 aliphatic carbocycles. The van der Waals surface area contributed by atoms with E-state index in [1.54, 1.807) is 0 Å². The molecule has 2 atom stereocenters. The van der Waals surface area contributed by atoms with E-state index >= 15 is 0 Å². The van der Waals surface area contributed by atoms with E-state index in [4.69, 9.17) is 16.9 Å². The fourth-order valence-corrected chi connectivity index (χ4v) is 4.24. The molecule has 0 saturated heterocycles. The zero-order valence-corrected chi connectivity index (χ0v) is 18.4. The Labute approximate surface area is 182 Å². The predicted molar refractivity (Wildman–Crippen MR) is 116 cm³/mol. The number of hydrogen-bond acceptors (Lipinski definition) is 5. The monoisotopic (exact) mass is 436 g/mol. The molecule has 1 saturated carbocycles. The van der Waals surface area contributed by atoms with Crippen molar-refractivity contribution in [3.63, 3.8) is 0 Å². The zero-order valence-electron chi connectivity index (χ0n) is 17.7. The second-order valence-corrected chi connectivity index (χ2v) is 9.63. The molecule has 0 bridgehead atoms. The molecule has 30 heavy (non-hydrogen) atoms. The van der Waals surface area contributed by atoms with Gasteiger partial charge in [0.05, 0.1) is 15.5 Å². The zero-order chi connectivity index (χ0) is 22.5. The van der Waals surface area contributed by atoms with Crippen LogP contribution in [-0.2, 0) is 0 Å². The van der Waals surface area contributed by atoms with Gasteiger partial charge in [-0.15, -0.1) is 0 Å². The van der Waals surface area contributed by atoms with E-state index in [0.717, 1.165) is 25.7 Å². The topological polar surface area (TPSA) is 120 Å². The molecule has 1 aromatic carbocycles. The van der Waals surface area contributed by atoms with Crippen LogP contribution < -0.4 is 5.32 Å². The van der Waals surface area contributed by atoms with E-state index in [9.17, 15) is 20.0 Å². The Kier molecular flexibility index (Phi) is 7.90. The van der Waals surface area contributed by atoms with Crippen LogP contribution in [0.25, 0.3) is 0 Å². The minimum atomic E-state index is -0.897. The maximum Gasteiger partial charge on any atom is 0.407 e. The van der Waals surface area contributed by atoms with Crippen LogP contribution in [0.15, 0.2) is 12.1 Å². The van der Waals surface area contributed by atoms with Gasteiger partial charge in [-0.25, -0.2) is 4.79 Å². The molecule has 164 valence electrons. The maximum atomic E-state index is 11.6. The number of amides is 1. The molecule has 1 amide bonds. The van der Waals surface area contributed by atoms with Crippen molar-refractivity contribution in [1.82, 2.24) is 4.90 Å². The van der Waals surface area contributed by atoms with E-state index in [0.29, 0.717) is 19.6 Å². The van der Waals surface area contributed by atoms with Crippen molar-refractivity contribution in [3.8, 4) is 6.07 Å². The summed E-state index contributed by atoms with van der Waals surface area (Å²) in [6.45, 7) is 7.57. The number of anilines is 1. The van der Waals surface area contributed by atoms with Crippen molar-refractivity contribution < 1.29 is 14.8 Å². The Bertz CT molecular complexity index is 832. The molecule has 2 N–H and O–H groups in total. The Balaban J connectivity index is 2.03. The summed E-state index contributed by atoms with van der Waals surface area (Å²) >= 11 is 5.93.